The summed E-state index contributed by atoms with van der Waals surface area (Å²) >= 11 is 0. The van der Waals surface area contributed by atoms with Gasteiger partial charge >= 0.3 is 11.7 Å². The standard InChI is InChI=1S/C22H24N2O5/c1-15(12-13-17-8-4-3-5-9-17)23-21(26)16(2)28-20(25)14-24-18-10-6-7-11-19(18)29-22(24)27/h3-11,15-16H,12-14H2,1-2H3,(H,23,26)/t15-,16-/m1/s1. The molecule has 7 heteroatoms. The first-order chi connectivity index (χ1) is 13.9. The van der Waals surface area contributed by atoms with E-state index in [9.17, 15) is 14.4 Å². The lowest BCUT2D eigenvalue weighted by Gasteiger charge is -2.18. The summed E-state index contributed by atoms with van der Waals surface area (Å²) in [6.07, 6.45) is 0.648. The molecule has 0 radical (unpaired) electrons. The van der Waals surface area contributed by atoms with Gasteiger partial charge in [-0.15, -0.1) is 0 Å². The van der Waals surface area contributed by atoms with Crippen LogP contribution < -0.4 is 11.1 Å². The van der Waals surface area contributed by atoms with Gasteiger partial charge in [-0.3, -0.25) is 14.2 Å². The molecule has 0 saturated heterocycles. The van der Waals surface area contributed by atoms with Crippen molar-refractivity contribution < 1.29 is 18.7 Å². The van der Waals surface area contributed by atoms with Gasteiger partial charge in [-0.25, -0.2) is 4.79 Å². The van der Waals surface area contributed by atoms with E-state index in [2.05, 4.69) is 5.32 Å². The molecule has 0 saturated carbocycles. The van der Waals surface area contributed by atoms with E-state index in [1.54, 1.807) is 24.3 Å². The highest BCUT2D eigenvalue weighted by Crippen LogP contribution is 2.12. The van der Waals surface area contributed by atoms with Crippen LogP contribution in [0.4, 0.5) is 0 Å². The molecule has 2 atom stereocenters. The van der Waals surface area contributed by atoms with Gasteiger partial charge < -0.3 is 14.5 Å². The molecule has 152 valence electrons. The monoisotopic (exact) mass is 396 g/mol. The van der Waals surface area contributed by atoms with Gasteiger partial charge in [0.1, 0.15) is 6.54 Å². The highest BCUT2D eigenvalue weighted by Gasteiger charge is 2.21. The molecule has 0 aliphatic carbocycles. The molecule has 1 heterocycles. The Morgan fingerprint density at radius 1 is 1.07 bits per heavy atom. The number of aryl methyl sites for hydroxylation is 1. The zero-order valence-electron chi connectivity index (χ0n) is 16.5. The summed E-state index contributed by atoms with van der Waals surface area (Å²) in [5.41, 5.74) is 2.09. The van der Waals surface area contributed by atoms with Crippen LogP contribution in [-0.2, 0) is 27.3 Å². The molecule has 0 aliphatic rings. The second-order valence-electron chi connectivity index (χ2n) is 6.99. The summed E-state index contributed by atoms with van der Waals surface area (Å²) < 4.78 is 11.5. The zero-order valence-corrected chi connectivity index (χ0v) is 16.5. The molecule has 29 heavy (non-hydrogen) atoms. The maximum Gasteiger partial charge on any atom is 0.420 e. The molecular formula is C22H24N2O5. The molecule has 3 aromatic rings. The summed E-state index contributed by atoms with van der Waals surface area (Å²) in [6.45, 7) is 3.09. The second kappa shape index (κ2) is 9.23. The molecule has 7 nitrogen and oxygen atoms in total. The Morgan fingerprint density at radius 3 is 2.52 bits per heavy atom. The maximum atomic E-state index is 12.3. The molecule has 2 aromatic carbocycles. The Kier molecular flexibility index (Phi) is 6.49. The maximum absolute atomic E-state index is 12.3. The number of ether oxygens (including phenoxy) is 1. The Balaban J connectivity index is 1.50. The highest BCUT2D eigenvalue weighted by atomic mass is 16.5. The van der Waals surface area contributed by atoms with Crippen molar-refractivity contribution in [1.82, 2.24) is 9.88 Å². The summed E-state index contributed by atoms with van der Waals surface area (Å²) in [5, 5.41) is 2.85. The van der Waals surface area contributed by atoms with E-state index in [1.165, 1.54) is 17.1 Å². The zero-order chi connectivity index (χ0) is 20.8. The summed E-state index contributed by atoms with van der Waals surface area (Å²) in [7, 11) is 0. The van der Waals surface area contributed by atoms with Crippen LogP contribution in [0.25, 0.3) is 11.1 Å². The summed E-state index contributed by atoms with van der Waals surface area (Å²) in [5.74, 6) is -1.70. The molecule has 0 bridgehead atoms. The number of hydrogen-bond acceptors (Lipinski definition) is 5. The minimum Gasteiger partial charge on any atom is -0.451 e. The van der Waals surface area contributed by atoms with Crippen LogP contribution in [-0.4, -0.2) is 28.6 Å². The van der Waals surface area contributed by atoms with Crippen molar-refractivity contribution in [2.24, 2.45) is 0 Å². The van der Waals surface area contributed by atoms with Gasteiger partial charge in [-0.1, -0.05) is 42.5 Å². The predicted molar refractivity (Wildman–Crippen MR) is 108 cm³/mol. The fourth-order valence-electron chi connectivity index (χ4n) is 3.04. The van der Waals surface area contributed by atoms with Crippen LogP contribution in [0, 0.1) is 0 Å². The number of aromatic nitrogens is 1. The smallest absolute Gasteiger partial charge is 0.420 e. The van der Waals surface area contributed by atoms with Crippen LogP contribution in [0.5, 0.6) is 0 Å². The quantitative estimate of drug-likeness (QED) is 0.591. The number of esters is 1. The predicted octanol–water partition coefficient (Wildman–Crippen LogP) is 2.66. The number of carbonyl (C=O) groups excluding carboxylic acids is 2. The number of amides is 1. The van der Waals surface area contributed by atoms with Crippen LogP contribution >= 0.6 is 0 Å². The molecule has 1 N–H and O–H groups in total. The van der Waals surface area contributed by atoms with E-state index < -0.39 is 17.8 Å². The topological polar surface area (TPSA) is 90.5 Å². The lowest BCUT2D eigenvalue weighted by atomic mass is 10.1. The molecule has 0 spiro atoms. The molecular weight excluding hydrogens is 372 g/mol. The largest absolute Gasteiger partial charge is 0.451 e. The first kappa shape index (κ1) is 20.4. The molecule has 1 aromatic heterocycles. The Bertz CT molecular complexity index is 1040. The third-order valence-corrected chi connectivity index (χ3v) is 4.64. The van der Waals surface area contributed by atoms with Gasteiger partial charge in [0, 0.05) is 6.04 Å². The molecule has 0 unspecified atom stereocenters. The van der Waals surface area contributed by atoms with Crippen molar-refractivity contribution in [2.45, 2.75) is 45.4 Å². The summed E-state index contributed by atoms with van der Waals surface area (Å²) in [4.78, 5) is 36.5. The van der Waals surface area contributed by atoms with Crippen molar-refractivity contribution in [3.63, 3.8) is 0 Å². The number of nitrogens with one attached hydrogen (secondary N) is 1. The first-order valence-electron chi connectivity index (χ1n) is 9.56. The number of nitrogens with zero attached hydrogens (tertiary/aromatic N) is 1. The summed E-state index contributed by atoms with van der Waals surface area (Å²) in [6, 6.07) is 16.7. The van der Waals surface area contributed by atoms with Crippen molar-refractivity contribution in [3.05, 3.63) is 70.7 Å². The normalized spacial score (nSPS) is 13.0. The molecule has 1 amide bonds. The van der Waals surface area contributed by atoms with E-state index >= 15 is 0 Å². The number of fused-ring (bicyclic) bond motifs is 1. The van der Waals surface area contributed by atoms with Gasteiger partial charge in [0.05, 0.1) is 5.52 Å². The van der Waals surface area contributed by atoms with Crippen LogP contribution in [0.3, 0.4) is 0 Å². The van der Waals surface area contributed by atoms with Crippen molar-refractivity contribution in [1.29, 1.82) is 0 Å². The van der Waals surface area contributed by atoms with E-state index in [0.29, 0.717) is 11.1 Å². The lowest BCUT2D eigenvalue weighted by Crippen LogP contribution is -2.41. The second-order valence-corrected chi connectivity index (χ2v) is 6.99. The molecule has 0 fully saturated rings. The van der Waals surface area contributed by atoms with Crippen LogP contribution in [0.2, 0.25) is 0 Å². The van der Waals surface area contributed by atoms with Gasteiger partial charge in [-0.05, 0) is 44.4 Å². The van der Waals surface area contributed by atoms with E-state index in [1.807, 2.05) is 37.3 Å². The Labute approximate surface area is 168 Å². The average Bonchev–Trinajstić information content (AvgIpc) is 3.02. The van der Waals surface area contributed by atoms with Gasteiger partial charge in [0.15, 0.2) is 11.7 Å². The third-order valence-electron chi connectivity index (χ3n) is 4.64. The fraction of sp³-hybridized carbons (Fsp3) is 0.318. The fourth-order valence-corrected chi connectivity index (χ4v) is 3.04. The average molecular weight is 396 g/mol. The number of rotatable bonds is 8. The SMILES string of the molecule is C[C@H](CCc1ccccc1)NC(=O)[C@@H](C)OC(=O)Cn1c(=O)oc2ccccc21. The van der Waals surface area contributed by atoms with Crippen LogP contribution in [0.1, 0.15) is 25.8 Å². The lowest BCUT2D eigenvalue weighted by molar-refractivity contribution is -0.155. The number of hydrogen-bond donors (Lipinski definition) is 1. The molecule has 0 aliphatic heterocycles. The highest BCUT2D eigenvalue weighted by molar-refractivity contribution is 5.84. The Morgan fingerprint density at radius 2 is 1.76 bits per heavy atom. The van der Waals surface area contributed by atoms with Gasteiger partial charge in [-0.2, -0.15) is 0 Å². The van der Waals surface area contributed by atoms with Gasteiger partial charge in [0.25, 0.3) is 5.91 Å². The molecule has 3 rings (SSSR count). The van der Waals surface area contributed by atoms with E-state index in [-0.39, 0.29) is 18.5 Å². The van der Waals surface area contributed by atoms with Gasteiger partial charge in [0.2, 0.25) is 0 Å². The minimum atomic E-state index is -0.962. The van der Waals surface area contributed by atoms with Crippen molar-refractivity contribution >= 4 is 23.0 Å². The minimum absolute atomic E-state index is 0.0655. The first-order valence-corrected chi connectivity index (χ1v) is 9.56. The Hall–Kier alpha value is -3.35. The number of benzene rings is 2. The number of oxazole rings is 1. The number of carbonyl (C=O) groups is 2. The van der Waals surface area contributed by atoms with Crippen molar-refractivity contribution in [3.8, 4) is 0 Å². The van der Waals surface area contributed by atoms with E-state index in [0.717, 1.165) is 12.8 Å². The van der Waals surface area contributed by atoms with Crippen LogP contribution in [0.15, 0.2) is 63.8 Å². The number of para-hydroxylation sites is 2. The van der Waals surface area contributed by atoms with Crippen molar-refractivity contribution in [2.75, 3.05) is 0 Å². The van der Waals surface area contributed by atoms with E-state index in [4.69, 9.17) is 9.15 Å². The third kappa shape index (κ3) is 5.34.